The Morgan fingerprint density at radius 1 is 0.621 bits per heavy atom. The van der Waals surface area contributed by atoms with Crippen LogP contribution in [0, 0.1) is 0 Å². The van der Waals surface area contributed by atoms with E-state index in [1.54, 1.807) is 0 Å². The quantitative estimate of drug-likeness (QED) is 0.184. The predicted octanol–water partition coefficient (Wildman–Crippen LogP) is 7.91. The van der Waals surface area contributed by atoms with Gasteiger partial charge in [-0.15, -0.1) is 0 Å². The van der Waals surface area contributed by atoms with Crippen LogP contribution in [-0.4, -0.2) is 9.97 Å². The van der Waals surface area contributed by atoms with Gasteiger partial charge in [0, 0.05) is 17.0 Å². The molecule has 140 valence electrons. The van der Waals surface area contributed by atoms with E-state index < -0.39 is 0 Å². The van der Waals surface area contributed by atoms with E-state index in [1.807, 2.05) is 18.3 Å². The largest absolute Gasteiger partial charge is 0.254 e. The van der Waals surface area contributed by atoms with Gasteiger partial charge in [0.25, 0.3) is 0 Å². The summed E-state index contributed by atoms with van der Waals surface area (Å²) in [5.74, 6) is 0. The Labute approximate surface area is 185 Å². The first kappa shape index (κ1) is 18.5. The van der Waals surface area contributed by atoms with E-state index in [0.29, 0.717) is 0 Å². The Hall–Kier alpha value is -2.56. The second-order valence-electron chi connectivity index (χ2n) is 6.84. The number of hydrogen-bond acceptors (Lipinski definition) is 2. The van der Waals surface area contributed by atoms with Crippen molar-refractivity contribution in [3.63, 3.8) is 0 Å². The summed E-state index contributed by atoms with van der Waals surface area (Å²) in [7, 11) is 0. The maximum atomic E-state index is 4.97. The minimum Gasteiger partial charge on any atom is -0.254 e. The molecule has 0 N–H and O–H groups in total. The lowest BCUT2D eigenvalue weighted by atomic mass is 9.96. The van der Waals surface area contributed by atoms with Crippen LogP contribution in [0.15, 0.2) is 91.1 Å². The fourth-order valence-electron chi connectivity index (χ4n) is 3.76. The van der Waals surface area contributed by atoms with Crippen LogP contribution in [0.25, 0.3) is 44.1 Å². The summed E-state index contributed by atoms with van der Waals surface area (Å²) in [6.07, 6.45) is 1.88. The highest BCUT2D eigenvalue weighted by Gasteiger charge is 2.15. The number of benzene rings is 3. The molecule has 0 saturated carbocycles. The van der Waals surface area contributed by atoms with Crippen molar-refractivity contribution < 1.29 is 0 Å². The van der Waals surface area contributed by atoms with Gasteiger partial charge in [-0.25, -0.2) is 4.98 Å². The zero-order valence-electron chi connectivity index (χ0n) is 15.4. The third-order valence-electron chi connectivity index (χ3n) is 5.10. The van der Waals surface area contributed by atoms with Gasteiger partial charge in [-0.3, -0.25) is 4.98 Å². The van der Waals surface area contributed by atoms with E-state index in [0.717, 1.165) is 33.1 Å². The molecule has 2 nitrogen and oxygen atoms in total. The summed E-state index contributed by atoms with van der Waals surface area (Å²) < 4.78 is -0.0329. The van der Waals surface area contributed by atoms with Crippen molar-refractivity contribution in [3.05, 3.63) is 96.8 Å². The van der Waals surface area contributed by atoms with Gasteiger partial charge < -0.3 is 0 Å². The van der Waals surface area contributed by atoms with Gasteiger partial charge in [0.1, 0.15) is 3.74 Å². The number of alkyl halides is 2. The molecule has 5 rings (SSSR count). The van der Waals surface area contributed by atoms with E-state index in [9.17, 15) is 0 Å². The molecule has 4 heteroatoms. The lowest BCUT2D eigenvalue weighted by molar-refractivity contribution is 1.23. The molecule has 0 bridgehead atoms. The summed E-state index contributed by atoms with van der Waals surface area (Å²) in [6, 6.07) is 29.4. The Bertz CT molecular complexity index is 1320. The highest BCUT2D eigenvalue weighted by Crippen LogP contribution is 2.38. The monoisotopic (exact) mass is 502 g/mol. The number of fused-ring (bicyclic) bond motifs is 3. The molecule has 3 aromatic carbocycles. The van der Waals surface area contributed by atoms with E-state index in [1.165, 1.54) is 16.7 Å². The first-order valence-corrected chi connectivity index (χ1v) is 11.2. The number of nitrogens with zero attached hydrogens (tertiary/aromatic N) is 2. The van der Waals surface area contributed by atoms with Crippen molar-refractivity contribution in [1.29, 1.82) is 0 Å². The Balaban J connectivity index is 1.87. The van der Waals surface area contributed by atoms with Crippen LogP contribution in [0.2, 0.25) is 0 Å². The second-order valence-corrected chi connectivity index (χ2v) is 9.90. The van der Waals surface area contributed by atoms with Crippen LogP contribution < -0.4 is 0 Å². The molecule has 29 heavy (non-hydrogen) atoms. The zero-order valence-corrected chi connectivity index (χ0v) is 18.6. The summed E-state index contributed by atoms with van der Waals surface area (Å²) in [5, 5.41) is 2.21. The van der Waals surface area contributed by atoms with Crippen molar-refractivity contribution in [2.45, 2.75) is 3.74 Å². The van der Waals surface area contributed by atoms with Crippen LogP contribution >= 0.6 is 31.9 Å². The molecule has 5 aromatic rings. The lowest BCUT2D eigenvalue weighted by Crippen LogP contribution is -1.95. The maximum absolute atomic E-state index is 4.97. The third kappa shape index (κ3) is 3.37. The van der Waals surface area contributed by atoms with Crippen molar-refractivity contribution in [2.75, 3.05) is 0 Å². The van der Waals surface area contributed by atoms with Gasteiger partial charge in [-0.05, 0) is 34.4 Å². The predicted molar refractivity (Wildman–Crippen MR) is 129 cm³/mol. The fourth-order valence-corrected chi connectivity index (χ4v) is 4.23. The number of halogens is 2. The topological polar surface area (TPSA) is 25.8 Å². The van der Waals surface area contributed by atoms with E-state index in [-0.39, 0.29) is 3.74 Å². The molecular formula is C25H16Br2N2. The lowest BCUT2D eigenvalue weighted by Gasteiger charge is -2.14. The van der Waals surface area contributed by atoms with Crippen molar-refractivity contribution >= 4 is 53.7 Å². The molecule has 0 aliphatic rings. The molecule has 0 amide bonds. The molecule has 0 aliphatic heterocycles. The molecule has 0 atom stereocenters. The van der Waals surface area contributed by atoms with Gasteiger partial charge in [0.2, 0.25) is 0 Å². The minimum absolute atomic E-state index is 0.0329. The molecular weight excluding hydrogens is 488 g/mol. The second kappa shape index (κ2) is 7.69. The standard InChI is InChI=1S/C25H16Br2N2/c26-25(27)22-15-21(17-9-5-2-6-10-17)20-12-11-19-18(16-7-3-1-4-8-16)13-14-28-23(19)24(20)29-22/h1-15,25H. The Kier molecular flexibility index (Phi) is 4.90. The molecule has 2 heterocycles. The maximum Gasteiger partial charge on any atom is 0.112 e. The van der Waals surface area contributed by atoms with Gasteiger partial charge in [-0.1, -0.05) is 105 Å². The molecule has 0 spiro atoms. The first-order chi connectivity index (χ1) is 14.2. The summed E-state index contributed by atoms with van der Waals surface area (Å²) >= 11 is 7.25. The highest BCUT2D eigenvalue weighted by molar-refractivity contribution is 9.24. The normalized spacial score (nSPS) is 11.4. The summed E-state index contributed by atoms with van der Waals surface area (Å²) in [4.78, 5) is 9.71. The number of rotatable bonds is 3. The third-order valence-corrected chi connectivity index (χ3v) is 6.04. The number of pyridine rings is 2. The van der Waals surface area contributed by atoms with Crippen LogP contribution in [0.1, 0.15) is 9.43 Å². The minimum atomic E-state index is -0.0329. The van der Waals surface area contributed by atoms with Crippen LogP contribution in [-0.2, 0) is 0 Å². The van der Waals surface area contributed by atoms with E-state index >= 15 is 0 Å². The highest BCUT2D eigenvalue weighted by atomic mass is 79.9. The van der Waals surface area contributed by atoms with E-state index in [2.05, 4.69) is 105 Å². The summed E-state index contributed by atoms with van der Waals surface area (Å²) in [6.45, 7) is 0. The zero-order chi connectivity index (χ0) is 19.8. The van der Waals surface area contributed by atoms with Crippen LogP contribution in [0.3, 0.4) is 0 Å². The van der Waals surface area contributed by atoms with Crippen molar-refractivity contribution in [3.8, 4) is 22.3 Å². The van der Waals surface area contributed by atoms with Crippen molar-refractivity contribution in [2.24, 2.45) is 0 Å². The molecule has 0 aliphatic carbocycles. The molecule has 2 aromatic heterocycles. The smallest absolute Gasteiger partial charge is 0.112 e. The molecule has 0 saturated heterocycles. The fraction of sp³-hybridized carbons (Fsp3) is 0.0400. The van der Waals surface area contributed by atoms with Gasteiger partial charge >= 0.3 is 0 Å². The van der Waals surface area contributed by atoms with E-state index in [4.69, 9.17) is 9.97 Å². The average molecular weight is 504 g/mol. The Morgan fingerprint density at radius 2 is 1.21 bits per heavy atom. The Morgan fingerprint density at radius 3 is 1.83 bits per heavy atom. The SMILES string of the molecule is BrC(Br)c1cc(-c2ccccc2)c2ccc3c(-c4ccccc4)ccnc3c2n1. The van der Waals surface area contributed by atoms with Gasteiger partial charge in [0.05, 0.1) is 16.7 Å². The molecule has 0 radical (unpaired) electrons. The van der Waals surface area contributed by atoms with Crippen LogP contribution in [0.4, 0.5) is 0 Å². The van der Waals surface area contributed by atoms with Gasteiger partial charge in [-0.2, -0.15) is 0 Å². The molecule has 0 unspecified atom stereocenters. The average Bonchev–Trinajstić information content (AvgIpc) is 2.79. The first-order valence-electron chi connectivity index (χ1n) is 9.34. The van der Waals surface area contributed by atoms with Crippen LogP contribution in [0.5, 0.6) is 0 Å². The number of hydrogen-bond donors (Lipinski definition) is 0. The number of aromatic nitrogens is 2. The molecule has 0 fully saturated rings. The summed E-state index contributed by atoms with van der Waals surface area (Å²) in [5.41, 5.74) is 7.43. The van der Waals surface area contributed by atoms with Gasteiger partial charge in [0.15, 0.2) is 0 Å². The van der Waals surface area contributed by atoms with Crippen molar-refractivity contribution in [1.82, 2.24) is 9.97 Å².